The van der Waals surface area contributed by atoms with Gasteiger partial charge in [-0.1, -0.05) is 84.9 Å². The second-order valence-corrected chi connectivity index (χ2v) is 9.70. The predicted molar refractivity (Wildman–Crippen MR) is 152 cm³/mol. The molecule has 5 aromatic carbocycles. The van der Waals surface area contributed by atoms with Gasteiger partial charge in [0.05, 0.1) is 11.3 Å². The highest BCUT2D eigenvalue weighted by Crippen LogP contribution is 2.27. The third-order valence-electron chi connectivity index (χ3n) is 6.16. The Morgan fingerprint density at radius 2 is 1.34 bits per heavy atom. The van der Waals surface area contributed by atoms with E-state index >= 15 is 0 Å². The topological polar surface area (TPSA) is 83.5 Å². The first-order valence-corrected chi connectivity index (χ1v) is 13.0. The van der Waals surface area contributed by atoms with Gasteiger partial charge in [0.2, 0.25) is 0 Å². The van der Waals surface area contributed by atoms with Gasteiger partial charge in [0.1, 0.15) is 0 Å². The molecule has 0 atom stereocenters. The molecular weight excluding hydrogens is 494 g/mol. The van der Waals surface area contributed by atoms with Crippen LogP contribution in [-0.4, -0.2) is 28.5 Å². The molecule has 0 unspecified atom stereocenters. The molecule has 0 fully saturated rings. The lowest BCUT2D eigenvalue weighted by atomic mass is 9.98. The van der Waals surface area contributed by atoms with Crippen molar-refractivity contribution in [2.75, 3.05) is 11.1 Å². The first-order chi connectivity index (χ1) is 18.5. The number of Topliss-reactive ketones (excluding diaryl/α,β-unsaturated/α-hetero) is 1. The lowest BCUT2D eigenvalue weighted by Gasteiger charge is -2.11. The molecule has 5 rings (SSSR count). The highest BCUT2D eigenvalue weighted by molar-refractivity contribution is 8.00. The summed E-state index contributed by atoms with van der Waals surface area (Å²) in [5, 5.41) is 13.5. The van der Waals surface area contributed by atoms with Crippen LogP contribution in [0.3, 0.4) is 0 Å². The van der Waals surface area contributed by atoms with Gasteiger partial charge >= 0.3 is 5.97 Å². The summed E-state index contributed by atoms with van der Waals surface area (Å²) in [7, 11) is 0. The minimum absolute atomic E-state index is 0.0148. The van der Waals surface area contributed by atoms with Gasteiger partial charge in [0, 0.05) is 27.1 Å². The number of hydrogen-bond donors (Lipinski definition) is 2. The molecule has 0 aliphatic carbocycles. The highest BCUT2D eigenvalue weighted by atomic mass is 32.2. The van der Waals surface area contributed by atoms with E-state index in [0.717, 1.165) is 16.0 Å². The third-order valence-corrected chi connectivity index (χ3v) is 7.15. The second kappa shape index (κ2) is 11.2. The molecule has 2 N–H and O–H groups in total. The summed E-state index contributed by atoms with van der Waals surface area (Å²) in [5.41, 5.74) is 3.72. The van der Waals surface area contributed by atoms with Gasteiger partial charge in [0.15, 0.2) is 5.78 Å². The third kappa shape index (κ3) is 5.51. The molecule has 5 aromatic rings. The summed E-state index contributed by atoms with van der Waals surface area (Å²) in [5.74, 6) is -1.22. The maximum absolute atomic E-state index is 13.1. The lowest BCUT2D eigenvalue weighted by Crippen LogP contribution is -2.13. The quantitative estimate of drug-likeness (QED) is 0.165. The van der Waals surface area contributed by atoms with Crippen LogP contribution in [0, 0.1) is 0 Å². The Morgan fingerprint density at radius 1 is 0.684 bits per heavy atom. The van der Waals surface area contributed by atoms with Crippen LogP contribution in [-0.2, 0) is 0 Å². The normalized spacial score (nSPS) is 10.7. The van der Waals surface area contributed by atoms with Crippen LogP contribution in [0.15, 0.2) is 120 Å². The number of nitrogens with one attached hydrogen (secondary N) is 1. The van der Waals surface area contributed by atoms with Crippen LogP contribution in [0.5, 0.6) is 0 Å². The number of aromatic carboxylic acids is 1. The highest BCUT2D eigenvalue weighted by Gasteiger charge is 2.17. The van der Waals surface area contributed by atoms with Crippen molar-refractivity contribution in [3.8, 4) is 11.1 Å². The molecular formula is C32H23NO4S. The van der Waals surface area contributed by atoms with Crippen LogP contribution in [0.4, 0.5) is 5.69 Å². The van der Waals surface area contributed by atoms with E-state index in [2.05, 4.69) is 5.32 Å². The Morgan fingerprint density at radius 3 is 2.05 bits per heavy atom. The number of carbonyl (C=O) groups excluding carboxylic acids is 2. The number of ketones is 1. The van der Waals surface area contributed by atoms with E-state index in [4.69, 9.17) is 0 Å². The van der Waals surface area contributed by atoms with E-state index in [-0.39, 0.29) is 22.7 Å². The zero-order valence-corrected chi connectivity index (χ0v) is 21.1. The Balaban J connectivity index is 1.27. The number of carboxylic acids is 1. The SMILES string of the molecule is O=C(CSc1cccc(NC(=O)c2cccc3cccc(C(=O)O)c23)c1)c1ccc(-c2ccccc2)cc1. The zero-order valence-electron chi connectivity index (χ0n) is 20.3. The Hall–Kier alpha value is -4.68. The van der Waals surface area contributed by atoms with Gasteiger partial charge in [-0.05, 0) is 46.8 Å². The van der Waals surface area contributed by atoms with E-state index in [1.807, 2.05) is 66.7 Å². The number of rotatable bonds is 8. The first-order valence-electron chi connectivity index (χ1n) is 12.0. The maximum Gasteiger partial charge on any atom is 0.336 e. The van der Waals surface area contributed by atoms with Crippen molar-refractivity contribution in [1.29, 1.82) is 0 Å². The fourth-order valence-electron chi connectivity index (χ4n) is 4.28. The smallest absolute Gasteiger partial charge is 0.336 e. The summed E-state index contributed by atoms with van der Waals surface area (Å²) < 4.78 is 0. The summed E-state index contributed by atoms with van der Waals surface area (Å²) in [6, 6.07) is 34.9. The minimum Gasteiger partial charge on any atom is -0.478 e. The second-order valence-electron chi connectivity index (χ2n) is 8.65. The monoisotopic (exact) mass is 517 g/mol. The molecule has 0 aromatic heterocycles. The molecule has 0 aliphatic heterocycles. The van der Waals surface area contributed by atoms with E-state index < -0.39 is 11.9 Å². The molecule has 0 aliphatic rings. The number of benzene rings is 5. The van der Waals surface area contributed by atoms with Crippen molar-refractivity contribution in [3.05, 3.63) is 132 Å². The fourth-order valence-corrected chi connectivity index (χ4v) is 5.13. The molecule has 0 saturated heterocycles. The molecule has 5 nitrogen and oxygen atoms in total. The van der Waals surface area contributed by atoms with Gasteiger partial charge in [-0.3, -0.25) is 9.59 Å². The van der Waals surface area contributed by atoms with Gasteiger partial charge in [0.25, 0.3) is 5.91 Å². The number of carboxylic acid groups (broad SMARTS) is 1. The first kappa shape index (κ1) is 25.0. The van der Waals surface area contributed by atoms with Gasteiger partial charge in [-0.15, -0.1) is 11.8 Å². The van der Waals surface area contributed by atoms with Crippen LogP contribution >= 0.6 is 11.8 Å². The number of hydrogen-bond acceptors (Lipinski definition) is 4. The zero-order chi connectivity index (χ0) is 26.5. The molecule has 1 amide bonds. The van der Waals surface area contributed by atoms with E-state index in [9.17, 15) is 19.5 Å². The summed E-state index contributed by atoms with van der Waals surface area (Å²) >= 11 is 1.39. The van der Waals surface area contributed by atoms with Crippen LogP contribution in [0.2, 0.25) is 0 Å². The molecule has 0 saturated carbocycles. The van der Waals surface area contributed by atoms with Crippen molar-refractivity contribution < 1.29 is 19.5 Å². The summed E-state index contributed by atoms with van der Waals surface area (Å²) in [4.78, 5) is 38.5. The van der Waals surface area contributed by atoms with Crippen molar-refractivity contribution in [2.45, 2.75) is 4.90 Å². The number of carbonyl (C=O) groups is 3. The maximum atomic E-state index is 13.1. The molecule has 0 heterocycles. The number of anilines is 1. The van der Waals surface area contributed by atoms with Crippen molar-refractivity contribution in [2.24, 2.45) is 0 Å². The van der Waals surface area contributed by atoms with E-state index in [1.54, 1.807) is 42.5 Å². The van der Waals surface area contributed by atoms with E-state index in [1.165, 1.54) is 17.8 Å². The average molecular weight is 518 g/mol. The van der Waals surface area contributed by atoms with Crippen molar-refractivity contribution in [1.82, 2.24) is 0 Å². The van der Waals surface area contributed by atoms with Crippen LogP contribution in [0.1, 0.15) is 31.1 Å². The molecule has 0 radical (unpaired) electrons. The Bertz CT molecular complexity index is 1640. The Kier molecular flexibility index (Phi) is 7.33. The van der Waals surface area contributed by atoms with Gasteiger partial charge in [-0.25, -0.2) is 4.79 Å². The number of thioether (sulfide) groups is 1. The van der Waals surface area contributed by atoms with Crippen molar-refractivity contribution >= 4 is 45.9 Å². The van der Waals surface area contributed by atoms with Crippen LogP contribution in [0.25, 0.3) is 21.9 Å². The lowest BCUT2D eigenvalue weighted by molar-refractivity contribution is 0.0698. The molecule has 0 bridgehead atoms. The standard InChI is InChI=1S/C32H23NO4S/c34-29(23-17-15-22(16-18-23)21-7-2-1-3-8-21)20-38-26-12-6-11-25(19-26)33-31(35)27-13-4-9-24-10-5-14-28(30(24)27)32(36)37/h1-19H,20H2,(H,33,35)(H,36,37). The summed E-state index contributed by atoms with van der Waals surface area (Å²) in [6.07, 6.45) is 0. The number of amides is 1. The van der Waals surface area contributed by atoms with E-state index in [0.29, 0.717) is 22.0 Å². The van der Waals surface area contributed by atoms with Crippen molar-refractivity contribution in [3.63, 3.8) is 0 Å². The predicted octanol–water partition coefficient (Wildman–Crippen LogP) is 7.43. The van der Waals surface area contributed by atoms with Gasteiger partial charge < -0.3 is 10.4 Å². The molecule has 0 spiro atoms. The minimum atomic E-state index is -1.09. The molecule has 6 heteroatoms. The fraction of sp³-hybridized carbons (Fsp3) is 0.0312. The Labute approximate surface area is 224 Å². The molecule has 38 heavy (non-hydrogen) atoms. The average Bonchev–Trinajstić information content (AvgIpc) is 2.96. The summed E-state index contributed by atoms with van der Waals surface area (Å²) in [6.45, 7) is 0. The number of fused-ring (bicyclic) bond motifs is 1. The van der Waals surface area contributed by atoms with Gasteiger partial charge in [-0.2, -0.15) is 0 Å². The van der Waals surface area contributed by atoms with Crippen LogP contribution < -0.4 is 5.32 Å². The molecule has 186 valence electrons. The largest absolute Gasteiger partial charge is 0.478 e.